The molecule has 2 fully saturated rings. The van der Waals surface area contributed by atoms with Crippen molar-refractivity contribution in [1.29, 1.82) is 0 Å². The predicted octanol–water partition coefficient (Wildman–Crippen LogP) is 4.85. The van der Waals surface area contributed by atoms with Crippen LogP contribution in [0.25, 0.3) is 5.69 Å². The number of epoxide rings is 1. The Hall–Kier alpha value is -3.83. The van der Waals surface area contributed by atoms with Gasteiger partial charge in [-0.3, -0.25) is 9.59 Å². The second-order valence-corrected chi connectivity index (χ2v) is 11.7. The minimum absolute atomic E-state index is 0.0126. The van der Waals surface area contributed by atoms with Crippen LogP contribution < -0.4 is 15.8 Å². The first-order valence-corrected chi connectivity index (χ1v) is 14.8. The molecule has 1 aromatic heterocycles. The lowest BCUT2D eigenvalue weighted by atomic mass is 10.0. The van der Waals surface area contributed by atoms with Gasteiger partial charge in [0.1, 0.15) is 35.2 Å². The Morgan fingerprint density at radius 3 is 2.63 bits per heavy atom. The average molecular weight is 597 g/mol. The van der Waals surface area contributed by atoms with Crippen LogP contribution in [-0.2, 0) is 14.3 Å². The van der Waals surface area contributed by atoms with Gasteiger partial charge in [0.25, 0.3) is 0 Å². The zero-order chi connectivity index (χ0) is 30.5. The number of nitrogens with two attached hydrogens (primary N) is 1. The number of nitrogens with zero attached hydrogens (tertiary/aromatic N) is 2. The average Bonchev–Trinajstić information content (AvgIpc) is 3.56. The van der Waals surface area contributed by atoms with Crippen molar-refractivity contribution in [2.75, 3.05) is 25.5 Å². The number of halogens is 2. The summed E-state index contributed by atoms with van der Waals surface area (Å²) >= 11 is 0. The molecule has 0 bridgehead atoms. The maximum absolute atomic E-state index is 14.3. The number of hydrogen-bond donors (Lipinski definition) is 2. The van der Waals surface area contributed by atoms with Crippen molar-refractivity contribution in [3.8, 4) is 11.4 Å². The highest BCUT2D eigenvalue weighted by atomic mass is 19.1. The predicted molar refractivity (Wildman–Crippen MR) is 156 cm³/mol. The zero-order valence-corrected chi connectivity index (χ0v) is 24.4. The fraction of sp³-hybridized carbons (Fsp3) is 0.469. The Morgan fingerprint density at radius 1 is 1.16 bits per heavy atom. The van der Waals surface area contributed by atoms with E-state index in [2.05, 4.69) is 24.3 Å². The summed E-state index contributed by atoms with van der Waals surface area (Å²) in [5, 5.41) is 7.45. The number of ether oxygens (including phenoxy) is 3. The van der Waals surface area contributed by atoms with Crippen molar-refractivity contribution < 1.29 is 32.6 Å². The lowest BCUT2D eigenvalue weighted by Gasteiger charge is -2.24. The van der Waals surface area contributed by atoms with E-state index >= 15 is 0 Å². The van der Waals surface area contributed by atoms with E-state index in [1.807, 2.05) is 0 Å². The van der Waals surface area contributed by atoms with Crippen LogP contribution in [0.2, 0.25) is 0 Å². The molecule has 1 saturated carbocycles. The fourth-order valence-electron chi connectivity index (χ4n) is 5.37. The van der Waals surface area contributed by atoms with Gasteiger partial charge in [0, 0.05) is 24.1 Å². The Balaban J connectivity index is 1.21. The summed E-state index contributed by atoms with van der Waals surface area (Å²) in [4.78, 5) is 26.2. The summed E-state index contributed by atoms with van der Waals surface area (Å²) in [5.41, 5.74) is 6.47. The summed E-state index contributed by atoms with van der Waals surface area (Å²) in [6.45, 7) is 5.60. The molecule has 2 heterocycles. The fourth-order valence-corrected chi connectivity index (χ4v) is 5.37. The number of rotatable bonds is 14. The molecule has 9 nitrogen and oxygen atoms in total. The number of nitrogens with one attached hydrogen (secondary N) is 1. The second-order valence-electron chi connectivity index (χ2n) is 11.7. The van der Waals surface area contributed by atoms with Gasteiger partial charge in [-0.05, 0) is 62.3 Å². The third-order valence-corrected chi connectivity index (χ3v) is 7.84. The van der Waals surface area contributed by atoms with Crippen molar-refractivity contribution >= 4 is 17.6 Å². The monoisotopic (exact) mass is 596 g/mol. The van der Waals surface area contributed by atoms with Gasteiger partial charge in [-0.25, -0.2) is 13.5 Å². The first kappa shape index (κ1) is 30.6. The molecule has 3 N–H and O–H groups in total. The number of benzene rings is 2. The molecule has 43 heavy (non-hydrogen) atoms. The lowest BCUT2D eigenvalue weighted by Crippen LogP contribution is -2.44. The Morgan fingerprint density at radius 2 is 1.93 bits per heavy atom. The van der Waals surface area contributed by atoms with Gasteiger partial charge in [0.2, 0.25) is 0 Å². The minimum Gasteiger partial charge on any atom is -0.493 e. The van der Waals surface area contributed by atoms with E-state index in [0.717, 1.165) is 42.5 Å². The van der Waals surface area contributed by atoms with E-state index in [0.29, 0.717) is 43.4 Å². The van der Waals surface area contributed by atoms with Crippen molar-refractivity contribution in [2.45, 2.75) is 64.2 Å². The SMILES string of the molecule is CC(C)C[C@H](NCC(COc1cccc(C(=O)c2cnn(-c3ccc(F)cc3F)c2N)c1)C1CO1)C(=O)OC1CCCC1. The van der Waals surface area contributed by atoms with Gasteiger partial charge < -0.3 is 25.3 Å². The van der Waals surface area contributed by atoms with Gasteiger partial charge in [0.15, 0.2) is 11.6 Å². The van der Waals surface area contributed by atoms with E-state index in [4.69, 9.17) is 19.9 Å². The molecule has 0 radical (unpaired) electrons. The number of hydrogen-bond acceptors (Lipinski definition) is 8. The van der Waals surface area contributed by atoms with Gasteiger partial charge in [-0.2, -0.15) is 5.10 Å². The van der Waals surface area contributed by atoms with Crippen LogP contribution >= 0.6 is 0 Å². The van der Waals surface area contributed by atoms with Crippen LogP contribution in [0.4, 0.5) is 14.6 Å². The molecule has 3 aromatic rings. The summed E-state index contributed by atoms with van der Waals surface area (Å²) in [6.07, 6.45) is 6.00. The maximum atomic E-state index is 14.3. The topological polar surface area (TPSA) is 121 Å². The normalized spacial score (nSPS) is 18.0. The van der Waals surface area contributed by atoms with Crippen molar-refractivity contribution in [3.63, 3.8) is 0 Å². The van der Waals surface area contributed by atoms with E-state index in [1.54, 1.807) is 24.3 Å². The molecule has 2 unspecified atom stereocenters. The van der Waals surface area contributed by atoms with Crippen LogP contribution in [-0.4, -0.2) is 59.5 Å². The zero-order valence-electron chi connectivity index (χ0n) is 24.4. The van der Waals surface area contributed by atoms with Crippen LogP contribution in [0.1, 0.15) is 61.9 Å². The molecule has 1 saturated heterocycles. The molecule has 2 aliphatic rings. The van der Waals surface area contributed by atoms with Gasteiger partial charge in [-0.15, -0.1) is 0 Å². The molecule has 230 valence electrons. The molecule has 0 spiro atoms. The van der Waals surface area contributed by atoms with Gasteiger partial charge in [-0.1, -0.05) is 26.0 Å². The highest BCUT2D eigenvalue weighted by Gasteiger charge is 2.35. The van der Waals surface area contributed by atoms with E-state index < -0.39 is 23.5 Å². The third-order valence-electron chi connectivity index (χ3n) is 7.84. The molecular formula is C32H38F2N4O5. The highest BCUT2D eigenvalue weighted by Crippen LogP contribution is 2.26. The van der Waals surface area contributed by atoms with Gasteiger partial charge in [0.05, 0.1) is 31.1 Å². The van der Waals surface area contributed by atoms with Crippen molar-refractivity contribution in [1.82, 2.24) is 15.1 Å². The van der Waals surface area contributed by atoms with Crippen LogP contribution in [0, 0.1) is 23.5 Å². The van der Waals surface area contributed by atoms with E-state index in [-0.39, 0.29) is 41.2 Å². The molecule has 0 amide bonds. The summed E-state index contributed by atoms with van der Waals surface area (Å²) in [6, 6.07) is 9.28. The maximum Gasteiger partial charge on any atom is 0.323 e. The molecular weight excluding hydrogens is 558 g/mol. The molecule has 5 rings (SSSR count). The summed E-state index contributed by atoms with van der Waals surface area (Å²) in [7, 11) is 0. The third kappa shape index (κ3) is 7.77. The number of carbonyl (C=O) groups excluding carboxylic acids is 2. The first-order chi connectivity index (χ1) is 20.7. The Bertz CT molecular complexity index is 1430. The number of carbonyl (C=O) groups is 2. The second kappa shape index (κ2) is 13.6. The minimum atomic E-state index is -0.853. The highest BCUT2D eigenvalue weighted by molar-refractivity contribution is 6.11. The van der Waals surface area contributed by atoms with E-state index in [9.17, 15) is 18.4 Å². The van der Waals surface area contributed by atoms with Crippen LogP contribution in [0.15, 0.2) is 48.7 Å². The van der Waals surface area contributed by atoms with Crippen molar-refractivity contribution in [2.24, 2.45) is 11.8 Å². The van der Waals surface area contributed by atoms with Crippen molar-refractivity contribution in [3.05, 3.63) is 71.4 Å². The molecule has 2 aromatic carbocycles. The number of esters is 1. The summed E-state index contributed by atoms with van der Waals surface area (Å²) < 4.78 is 46.1. The molecule has 1 aliphatic heterocycles. The standard InChI is InChI=1S/C32H38F2N4O5/c1-19(2)12-27(32(40)43-23-7-3-4-8-23)36-15-21(29-18-42-29)17-41-24-9-5-6-20(13-24)30(39)25-16-37-38(31(25)35)28-11-10-22(33)14-26(28)34/h5-6,9-11,13-14,16,19,21,23,27,29,36H,3-4,7-8,12,15,17-18,35H2,1-2H3/t21?,27-,29?/m0/s1. The largest absolute Gasteiger partial charge is 0.493 e. The molecule has 1 aliphatic carbocycles. The van der Waals surface area contributed by atoms with Crippen LogP contribution in [0.3, 0.4) is 0 Å². The van der Waals surface area contributed by atoms with E-state index in [1.165, 1.54) is 12.3 Å². The Labute approximate surface area is 249 Å². The first-order valence-electron chi connectivity index (χ1n) is 14.8. The number of nitrogen functional groups attached to an aromatic ring is 1. The summed E-state index contributed by atoms with van der Waals surface area (Å²) in [5.74, 6) is -1.50. The smallest absolute Gasteiger partial charge is 0.323 e. The number of ketones is 1. The lowest BCUT2D eigenvalue weighted by molar-refractivity contribution is -0.151. The quantitative estimate of drug-likeness (QED) is 0.154. The molecule has 11 heteroatoms. The Kier molecular flexibility index (Phi) is 9.72. The number of anilines is 1. The molecule has 3 atom stereocenters. The number of aromatic nitrogens is 2. The van der Waals surface area contributed by atoms with Crippen LogP contribution in [0.5, 0.6) is 5.75 Å². The van der Waals surface area contributed by atoms with Gasteiger partial charge >= 0.3 is 5.97 Å².